The van der Waals surface area contributed by atoms with E-state index in [-0.39, 0.29) is 11.9 Å². The number of hydrogen-bond donors (Lipinski definition) is 2. The Hall–Kier alpha value is -1.35. The van der Waals surface area contributed by atoms with E-state index in [4.69, 9.17) is 5.73 Å². The molecule has 0 bridgehead atoms. The van der Waals surface area contributed by atoms with Crippen LogP contribution in [0.2, 0.25) is 0 Å². The maximum atomic E-state index is 11.7. The minimum atomic E-state index is -0.0531. The monoisotopic (exact) mass is 262 g/mol. The summed E-state index contributed by atoms with van der Waals surface area (Å²) in [6.07, 6.45) is 3.40. The van der Waals surface area contributed by atoms with Gasteiger partial charge in [-0.05, 0) is 30.7 Å². The predicted molar refractivity (Wildman–Crippen MR) is 79.7 cm³/mol. The molecular weight excluding hydrogens is 236 g/mol. The molecule has 1 aromatic rings. The molecule has 3 nitrogen and oxygen atoms in total. The fraction of sp³-hybridized carbons (Fsp3) is 0.562. The van der Waals surface area contributed by atoms with E-state index in [1.54, 1.807) is 0 Å². The van der Waals surface area contributed by atoms with E-state index in [0.29, 0.717) is 18.8 Å². The zero-order valence-corrected chi connectivity index (χ0v) is 12.1. The fourth-order valence-corrected chi connectivity index (χ4v) is 1.98. The Morgan fingerprint density at radius 1 is 1.21 bits per heavy atom. The zero-order valence-electron chi connectivity index (χ0n) is 12.1. The minimum absolute atomic E-state index is 0.0531. The Morgan fingerprint density at radius 2 is 1.89 bits per heavy atom. The fourth-order valence-electron chi connectivity index (χ4n) is 1.98. The third-order valence-electron chi connectivity index (χ3n) is 3.19. The van der Waals surface area contributed by atoms with Gasteiger partial charge in [-0.1, -0.05) is 44.2 Å². The Kier molecular flexibility index (Phi) is 7.19. The quantitative estimate of drug-likeness (QED) is 0.708. The lowest BCUT2D eigenvalue weighted by atomic mass is 10.0. The summed E-state index contributed by atoms with van der Waals surface area (Å²) in [6, 6.07) is 9.87. The third-order valence-corrected chi connectivity index (χ3v) is 3.19. The van der Waals surface area contributed by atoms with E-state index >= 15 is 0 Å². The molecule has 0 radical (unpaired) electrons. The van der Waals surface area contributed by atoms with Crippen LogP contribution in [0.1, 0.15) is 51.1 Å². The average Bonchev–Trinajstić information content (AvgIpc) is 2.41. The number of hydrogen-bond acceptors (Lipinski definition) is 2. The molecule has 0 aromatic heterocycles. The molecule has 3 N–H and O–H groups in total. The first-order chi connectivity index (χ1) is 9.09. The number of nitrogens with two attached hydrogens (primary N) is 1. The first kappa shape index (κ1) is 15.7. The minimum Gasteiger partial charge on any atom is -0.356 e. The average molecular weight is 262 g/mol. The highest BCUT2D eigenvalue weighted by Gasteiger charge is 2.08. The molecule has 0 heterocycles. The van der Waals surface area contributed by atoms with Crippen molar-refractivity contribution in [2.24, 2.45) is 11.7 Å². The molecule has 1 rings (SSSR count). The highest BCUT2D eigenvalue weighted by Crippen LogP contribution is 2.14. The topological polar surface area (TPSA) is 55.1 Å². The van der Waals surface area contributed by atoms with Gasteiger partial charge in [-0.3, -0.25) is 4.79 Å². The van der Waals surface area contributed by atoms with Gasteiger partial charge in [-0.25, -0.2) is 0 Å². The molecule has 0 aliphatic rings. The molecule has 1 amide bonds. The summed E-state index contributed by atoms with van der Waals surface area (Å²) >= 11 is 0. The van der Waals surface area contributed by atoms with Crippen LogP contribution in [0.3, 0.4) is 0 Å². The first-order valence-electron chi connectivity index (χ1n) is 7.17. The van der Waals surface area contributed by atoms with E-state index in [1.807, 2.05) is 30.3 Å². The van der Waals surface area contributed by atoms with Crippen molar-refractivity contribution >= 4 is 5.91 Å². The molecule has 0 aliphatic heterocycles. The van der Waals surface area contributed by atoms with E-state index in [0.717, 1.165) is 24.9 Å². The van der Waals surface area contributed by atoms with Crippen molar-refractivity contribution in [3.05, 3.63) is 35.9 Å². The standard InChI is InChI=1S/C16H26N2O/c1-13(2)7-6-12-18-16(19)11-10-15(17)14-8-4-3-5-9-14/h3-5,8-9,13,15H,6-7,10-12,17H2,1-2H3,(H,18,19). The van der Waals surface area contributed by atoms with Crippen molar-refractivity contribution in [2.75, 3.05) is 6.54 Å². The Bertz CT molecular complexity index is 362. The van der Waals surface area contributed by atoms with Gasteiger partial charge in [0, 0.05) is 19.0 Å². The Morgan fingerprint density at radius 3 is 2.53 bits per heavy atom. The van der Waals surface area contributed by atoms with Gasteiger partial charge >= 0.3 is 0 Å². The van der Waals surface area contributed by atoms with Crippen molar-refractivity contribution < 1.29 is 4.79 Å². The van der Waals surface area contributed by atoms with Gasteiger partial charge < -0.3 is 11.1 Å². The SMILES string of the molecule is CC(C)CCCNC(=O)CCC(N)c1ccccc1. The van der Waals surface area contributed by atoms with E-state index in [2.05, 4.69) is 19.2 Å². The maximum Gasteiger partial charge on any atom is 0.220 e. The summed E-state index contributed by atoms with van der Waals surface area (Å²) in [6.45, 7) is 5.17. The third kappa shape index (κ3) is 6.97. The lowest BCUT2D eigenvalue weighted by Crippen LogP contribution is -2.25. The van der Waals surface area contributed by atoms with Crippen LogP contribution >= 0.6 is 0 Å². The molecule has 0 saturated heterocycles. The lowest BCUT2D eigenvalue weighted by Gasteiger charge is -2.12. The molecule has 106 valence electrons. The van der Waals surface area contributed by atoms with Crippen molar-refractivity contribution in [1.29, 1.82) is 0 Å². The van der Waals surface area contributed by atoms with Crippen LogP contribution in [0, 0.1) is 5.92 Å². The van der Waals surface area contributed by atoms with Crippen LogP contribution < -0.4 is 11.1 Å². The smallest absolute Gasteiger partial charge is 0.220 e. The number of carbonyl (C=O) groups is 1. The van der Waals surface area contributed by atoms with E-state index in [9.17, 15) is 4.79 Å². The summed E-state index contributed by atoms with van der Waals surface area (Å²) in [5.74, 6) is 0.804. The molecule has 1 atom stereocenters. The second-order valence-electron chi connectivity index (χ2n) is 5.44. The highest BCUT2D eigenvalue weighted by molar-refractivity contribution is 5.75. The summed E-state index contributed by atoms with van der Waals surface area (Å²) in [4.78, 5) is 11.7. The number of rotatable bonds is 8. The number of amides is 1. The van der Waals surface area contributed by atoms with Crippen LogP contribution in [0.5, 0.6) is 0 Å². The molecule has 1 aromatic carbocycles. The molecular formula is C16H26N2O. The first-order valence-corrected chi connectivity index (χ1v) is 7.17. The van der Waals surface area contributed by atoms with Gasteiger partial charge in [0.25, 0.3) is 0 Å². The van der Waals surface area contributed by atoms with E-state index < -0.39 is 0 Å². The van der Waals surface area contributed by atoms with Crippen molar-refractivity contribution in [2.45, 2.75) is 45.6 Å². The van der Waals surface area contributed by atoms with Crippen LogP contribution in [0.25, 0.3) is 0 Å². The number of carbonyl (C=O) groups excluding carboxylic acids is 1. The second-order valence-corrected chi connectivity index (χ2v) is 5.44. The van der Waals surface area contributed by atoms with Gasteiger partial charge in [-0.15, -0.1) is 0 Å². The number of nitrogens with one attached hydrogen (secondary N) is 1. The largest absolute Gasteiger partial charge is 0.356 e. The molecule has 19 heavy (non-hydrogen) atoms. The molecule has 0 fully saturated rings. The van der Waals surface area contributed by atoms with Crippen molar-refractivity contribution in [3.63, 3.8) is 0 Å². The molecule has 3 heteroatoms. The molecule has 0 aliphatic carbocycles. The van der Waals surface area contributed by atoms with Gasteiger partial charge in [-0.2, -0.15) is 0 Å². The number of benzene rings is 1. The summed E-state index contributed by atoms with van der Waals surface area (Å²) in [5.41, 5.74) is 7.15. The van der Waals surface area contributed by atoms with Crippen LogP contribution in [0.15, 0.2) is 30.3 Å². The normalized spacial score (nSPS) is 12.4. The van der Waals surface area contributed by atoms with Crippen LogP contribution in [0.4, 0.5) is 0 Å². The van der Waals surface area contributed by atoms with Crippen molar-refractivity contribution in [1.82, 2.24) is 5.32 Å². The lowest BCUT2D eigenvalue weighted by molar-refractivity contribution is -0.121. The Balaban J connectivity index is 2.16. The molecule has 1 unspecified atom stereocenters. The van der Waals surface area contributed by atoms with Gasteiger partial charge in [0.2, 0.25) is 5.91 Å². The van der Waals surface area contributed by atoms with Crippen molar-refractivity contribution in [3.8, 4) is 0 Å². The maximum absolute atomic E-state index is 11.7. The van der Waals surface area contributed by atoms with Gasteiger partial charge in [0.15, 0.2) is 0 Å². The van der Waals surface area contributed by atoms with Crippen LogP contribution in [-0.4, -0.2) is 12.5 Å². The molecule has 0 spiro atoms. The second kappa shape index (κ2) is 8.70. The summed E-state index contributed by atoms with van der Waals surface area (Å²) in [7, 11) is 0. The zero-order chi connectivity index (χ0) is 14.1. The summed E-state index contributed by atoms with van der Waals surface area (Å²) < 4.78 is 0. The van der Waals surface area contributed by atoms with E-state index in [1.165, 1.54) is 0 Å². The summed E-state index contributed by atoms with van der Waals surface area (Å²) in [5, 5.41) is 2.95. The Labute approximate surface area is 116 Å². The predicted octanol–water partition coefficient (Wildman–Crippen LogP) is 3.02. The van der Waals surface area contributed by atoms with Gasteiger partial charge in [0.1, 0.15) is 0 Å². The van der Waals surface area contributed by atoms with Crippen LogP contribution in [-0.2, 0) is 4.79 Å². The molecule has 0 saturated carbocycles. The van der Waals surface area contributed by atoms with Gasteiger partial charge in [0.05, 0.1) is 0 Å². The highest BCUT2D eigenvalue weighted by atomic mass is 16.1.